The van der Waals surface area contributed by atoms with Crippen molar-refractivity contribution in [3.05, 3.63) is 69.3 Å². The number of non-ortho nitro benzene ring substituents is 1. The number of nitrogens with zero attached hydrogens (tertiary/aromatic N) is 2. The normalized spacial score (nSPS) is 14.6. The van der Waals surface area contributed by atoms with Crippen LogP contribution in [0.3, 0.4) is 0 Å². The van der Waals surface area contributed by atoms with E-state index in [9.17, 15) is 19.7 Å². The molecule has 1 fully saturated rings. The van der Waals surface area contributed by atoms with E-state index in [-0.39, 0.29) is 23.4 Å². The number of aryl methyl sites for hydroxylation is 2. The molecule has 0 spiro atoms. The molecule has 1 heterocycles. The van der Waals surface area contributed by atoms with Crippen LogP contribution in [0.25, 0.3) is 0 Å². The molecule has 2 amide bonds. The van der Waals surface area contributed by atoms with E-state index in [1.54, 1.807) is 4.90 Å². The lowest BCUT2D eigenvalue weighted by molar-refractivity contribution is -0.384. The summed E-state index contributed by atoms with van der Waals surface area (Å²) < 4.78 is 0. The molecule has 7 nitrogen and oxygen atoms in total. The van der Waals surface area contributed by atoms with Crippen molar-refractivity contribution in [1.29, 1.82) is 0 Å². The summed E-state index contributed by atoms with van der Waals surface area (Å²) in [5.74, 6) is -0.319. The smallest absolute Gasteiger partial charge is 0.269 e. The monoisotopic (exact) mass is 381 g/mol. The Morgan fingerprint density at radius 2 is 1.71 bits per heavy atom. The standard InChI is InChI=1S/C21H23N3O4/c1-14-3-4-15(2)19(13-14)22-20(25)16-9-11-23(12-10-16)21(26)17-5-7-18(8-6-17)24(27)28/h3-8,13,16H,9-12H2,1-2H3,(H,22,25). The van der Waals surface area contributed by atoms with E-state index in [1.165, 1.54) is 24.3 Å². The number of hydrogen-bond acceptors (Lipinski definition) is 4. The topological polar surface area (TPSA) is 92.6 Å². The molecule has 28 heavy (non-hydrogen) atoms. The van der Waals surface area contributed by atoms with Crippen LogP contribution in [-0.2, 0) is 4.79 Å². The molecule has 1 aliphatic heterocycles. The summed E-state index contributed by atoms with van der Waals surface area (Å²) in [4.78, 5) is 37.1. The number of nitro groups is 1. The second-order valence-corrected chi connectivity index (χ2v) is 7.18. The number of anilines is 1. The van der Waals surface area contributed by atoms with Crippen LogP contribution in [0.4, 0.5) is 11.4 Å². The largest absolute Gasteiger partial charge is 0.339 e. The Morgan fingerprint density at radius 1 is 1.07 bits per heavy atom. The number of rotatable bonds is 4. The van der Waals surface area contributed by atoms with Gasteiger partial charge in [-0.2, -0.15) is 0 Å². The minimum atomic E-state index is -0.492. The highest BCUT2D eigenvalue weighted by Gasteiger charge is 2.28. The van der Waals surface area contributed by atoms with E-state index >= 15 is 0 Å². The number of likely N-dealkylation sites (tertiary alicyclic amines) is 1. The van der Waals surface area contributed by atoms with Crippen LogP contribution >= 0.6 is 0 Å². The minimum absolute atomic E-state index is 0.0175. The van der Waals surface area contributed by atoms with E-state index in [0.717, 1.165) is 16.8 Å². The number of benzene rings is 2. The van der Waals surface area contributed by atoms with Crippen molar-refractivity contribution in [3.63, 3.8) is 0 Å². The first-order valence-corrected chi connectivity index (χ1v) is 9.27. The van der Waals surface area contributed by atoms with Crippen LogP contribution in [0.1, 0.15) is 34.3 Å². The lowest BCUT2D eigenvalue weighted by Gasteiger charge is -2.31. The number of piperidine rings is 1. The van der Waals surface area contributed by atoms with Crippen molar-refractivity contribution in [2.24, 2.45) is 5.92 Å². The Kier molecular flexibility index (Phi) is 5.73. The van der Waals surface area contributed by atoms with Gasteiger partial charge < -0.3 is 10.2 Å². The summed E-state index contributed by atoms with van der Waals surface area (Å²) >= 11 is 0. The molecule has 0 saturated carbocycles. The second kappa shape index (κ2) is 8.21. The molecule has 2 aromatic carbocycles. The highest BCUT2D eigenvalue weighted by atomic mass is 16.6. The van der Waals surface area contributed by atoms with E-state index in [2.05, 4.69) is 5.32 Å². The zero-order valence-corrected chi connectivity index (χ0v) is 16.0. The quantitative estimate of drug-likeness (QED) is 0.645. The van der Waals surface area contributed by atoms with Crippen LogP contribution in [-0.4, -0.2) is 34.7 Å². The van der Waals surface area contributed by atoms with Crippen molar-refractivity contribution in [2.45, 2.75) is 26.7 Å². The molecule has 7 heteroatoms. The fourth-order valence-electron chi connectivity index (χ4n) is 3.36. The third kappa shape index (κ3) is 4.36. The third-order valence-corrected chi connectivity index (χ3v) is 5.13. The number of hydrogen-bond donors (Lipinski definition) is 1. The molecule has 0 radical (unpaired) electrons. The Bertz CT molecular complexity index is 900. The fraction of sp³-hybridized carbons (Fsp3) is 0.333. The Labute approximate surface area is 163 Å². The molecule has 1 aliphatic rings. The van der Waals surface area contributed by atoms with Crippen LogP contribution in [0.15, 0.2) is 42.5 Å². The molecule has 3 rings (SSSR count). The van der Waals surface area contributed by atoms with E-state index in [0.29, 0.717) is 31.5 Å². The summed E-state index contributed by atoms with van der Waals surface area (Å²) in [7, 11) is 0. The molecule has 1 N–H and O–H groups in total. The van der Waals surface area contributed by atoms with Gasteiger partial charge in [-0.15, -0.1) is 0 Å². The van der Waals surface area contributed by atoms with Crippen molar-refractivity contribution in [1.82, 2.24) is 4.90 Å². The predicted octanol–water partition coefficient (Wildman–Crippen LogP) is 3.70. The molecule has 0 bridgehead atoms. The molecular weight excluding hydrogens is 358 g/mol. The Morgan fingerprint density at radius 3 is 2.32 bits per heavy atom. The van der Waals surface area contributed by atoms with Gasteiger partial charge in [0.25, 0.3) is 11.6 Å². The fourth-order valence-corrected chi connectivity index (χ4v) is 3.36. The molecule has 0 unspecified atom stereocenters. The van der Waals surface area contributed by atoms with Crippen LogP contribution in [0, 0.1) is 29.9 Å². The minimum Gasteiger partial charge on any atom is -0.339 e. The zero-order valence-electron chi connectivity index (χ0n) is 16.0. The van der Waals surface area contributed by atoms with Crippen molar-refractivity contribution < 1.29 is 14.5 Å². The van der Waals surface area contributed by atoms with Crippen LogP contribution in [0.5, 0.6) is 0 Å². The molecule has 146 valence electrons. The van der Waals surface area contributed by atoms with Gasteiger partial charge in [-0.25, -0.2) is 0 Å². The highest BCUT2D eigenvalue weighted by molar-refractivity contribution is 5.95. The van der Waals surface area contributed by atoms with Gasteiger partial charge in [0.2, 0.25) is 5.91 Å². The number of carbonyl (C=O) groups is 2. The lowest BCUT2D eigenvalue weighted by Crippen LogP contribution is -2.41. The van der Waals surface area contributed by atoms with Gasteiger partial charge in [-0.05, 0) is 56.0 Å². The Balaban J connectivity index is 1.57. The molecular formula is C21H23N3O4. The second-order valence-electron chi connectivity index (χ2n) is 7.18. The van der Waals surface area contributed by atoms with Crippen molar-refractivity contribution >= 4 is 23.2 Å². The van der Waals surface area contributed by atoms with Gasteiger partial charge in [-0.1, -0.05) is 12.1 Å². The summed E-state index contributed by atoms with van der Waals surface area (Å²) in [6.45, 7) is 4.92. The van der Waals surface area contributed by atoms with Crippen LogP contribution < -0.4 is 5.32 Å². The molecule has 0 aromatic heterocycles. The summed E-state index contributed by atoms with van der Waals surface area (Å²) in [5, 5.41) is 13.7. The Hall–Kier alpha value is -3.22. The van der Waals surface area contributed by atoms with Gasteiger partial charge in [0, 0.05) is 42.4 Å². The molecule has 0 atom stereocenters. The highest BCUT2D eigenvalue weighted by Crippen LogP contribution is 2.23. The zero-order chi connectivity index (χ0) is 20.3. The van der Waals surface area contributed by atoms with Gasteiger partial charge in [0.1, 0.15) is 0 Å². The van der Waals surface area contributed by atoms with Gasteiger partial charge >= 0.3 is 0 Å². The summed E-state index contributed by atoms with van der Waals surface area (Å²) in [6.07, 6.45) is 1.19. The maximum Gasteiger partial charge on any atom is 0.269 e. The van der Waals surface area contributed by atoms with Gasteiger partial charge in [0.15, 0.2) is 0 Å². The number of carbonyl (C=O) groups excluding carboxylic acids is 2. The average molecular weight is 381 g/mol. The number of nitrogens with one attached hydrogen (secondary N) is 1. The van der Waals surface area contributed by atoms with Gasteiger partial charge in [-0.3, -0.25) is 19.7 Å². The first kappa shape index (κ1) is 19.5. The SMILES string of the molecule is Cc1ccc(C)c(NC(=O)C2CCN(C(=O)c3ccc([N+](=O)[O-])cc3)CC2)c1. The van der Waals surface area contributed by atoms with Crippen LogP contribution in [0.2, 0.25) is 0 Å². The maximum atomic E-state index is 12.6. The average Bonchev–Trinajstić information content (AvgIpc) is 2.70. The third-order valence-electron chi connectivity index (χ3n) is 5.13. The first-order chi connectivity index (χ1) is 13.3. The predicted molar refractivity (Wildman–Crippen MR) is 106 cm³/mol. The van der Waals surface area contributed by atoms with E-state index in [4.69, 9.17) is 0 Å². The molecule has 2 aromatic rings. The maximum absolute atomic E-state index is 12.6. The van der Waals surface area contributed by atoms with E-state index < -0.39 is 4.92 Å². The first-order valence-electron chi connectivity index (χ1n) is 9.27. The van der Waals surface area contributed by atoms with Gasteiger partial charge in [0.05, 0.1) is 4.92 Å². The number of amides is 2. The summed E-state index contributed by atoms with van der Waals surface area (Å²) in [5.41, 5.74) is 3.31. The van der Waals surface area contributed by atoms with E-state index in [1.807, 2.05) is 32.0 Å². The van der Waals surface area contributed by atoms with Crippen molar-refractivity contribution in [3.8, 4) is 0 Å². The van der Waals surface area contributed by atoms with Crippen molar-refractivity contribution in [2.75, 3.05) is 18.4 Å². The molecule has 1 saturated heterocycles. The number of nitro benzene ring substituents is 1. The summed E-state index contributed by atoms with van der Waals surface area (Å²) in [6, 6.07) is 11.6. The molecule has 0 aliphatic carbocycles. The lowest BCUT2D eigenvalue weighted by atomic mass is 9.95.